The predicted octanol–water partition coefficient (Wildman–Crippen LogP) is 2.85. The first-order chi connectivity index (χ1) is 8.77. The summed E-state index contributed by atoms with van der Waals surface area (Å²) in [5.41, 5.74) is 10.1. The molecule has 0 amide bonds. The van der Waals surface area contributed by atoms with Gasteiger partial charge in [0.15, 0.2) is 0 Å². The van der Waals surface area contributed by atoms with Crippen LogP contribution in [0, 0.1) is 6.92 Å². The quantitative estimate of drug-likeness (QED) is 0.830. The fourth-order valence-corrected chi connectivity index (χ4v) is 2.72. The number of hydrogen-bond donors (Lipinski definition) is 1. The summed E-state index contributed by atoms with van der Waals surface area (Å²) in [7, 11) is 0. The third kappa shape index (κ3) is 1.79. The zero-order valence-corrected chi connectivity index (χ0v) is 10.5. The van der Waals surface area contributed by atoms with Gasteiger partial charge in [-0.1, -0.05) is 42.5 Å². The molecule has 1 aliphatic heterocycles. The molecule has 18 heavy (non-hydrogen) atoms. The van der Waals surface area contributed by atoms with Crippen LogP contribution in [0.15, 0.2) is 48.5 Å². The van der Waals surface area contributed by atoms with Gasteiger partial charge in [-0.15, -0.1) is 0 Å². The lowest BCUT2D eigenvalue weighted by atomic mass is 9.82. The Labute approximate surface area is 107 Å². The average Bonchev–Trinajstić information content (AvgIpc) is 2.40. The molecule has 2 N–H and O–H groups in total. The summed E-state index contributed by atoms with van der Waals surface area (Å²) in [6, 6.07) is 16.7. The van der Waals surface area contributed by atoms with Gasteiger partial charge >= 0.3 is 0 Å². The number of hydrogen-bond acceptors (Lipinski definition) is 2. The normalized spacial score (nSPS) is 22.1. The minimum Gasteiger partial charge on any atom is -0.492 e. The summed E-state index contributed by atoms with van der Waals surface area (Å²) in [4.78, 5) is 0. The molecular weight excluding hydrogens is 222 g/mol. The van der Waals surface area contributed by atoms with E-state index in [0.717, 1.165) is 5.75 Å². The van der Waals surface area contributed by atoms with E-state index in [4.69, 9.17) is 10.5 Å². The Morgan fingerprint density at radius 1 is 1.00 bits per heavy atom. The van der Waals surface area contributed by atoms with E-state index < -0.39 is 0 Å². The van der Waals surface area contributed by atoms with Crippen molar-refractivity contribution in [3.63, 3.8) is 0 Å². The maximum atomic E-state index is 6.27. The Hall–Kier alpha value is -1.80. The van der Waals surface area contributed by atoms with E-state index in [1.165, 1.54) is 16.7 Å². The molecule has 0 bridgehead atoms. The van der Waals surface area contributed by atoms with E-state index in [1.807, 2.05) is 18.2 Å². The second-order valence-electron chi connectivity index (χ2n) is 4.85. The highest BCUT2D eigenvalue weighted by Crippen LogP contribution is 2.38. The van der Waals surface area contributed by atoms with E-state index in [-0.39, 0.29) is 12.0 Å². The van der Waals surface area contributed by atoms with Crippen LogP contribution < -0.4 is 10.5 Å². The minimum absolute atomic E-state index is 0.0148. The average molecular weight is 239 g/mol. The van der Waals surface area contributed by atoms with Gasteiger partial charge < -0.3 is 10.5 Å². The van der Waals surface area contributed by atoms with Crippen LogP contribution in [0.2, 0.25) is 0 Å². The molecule has 0 fully saturated rings. The molecule has 2 heteroatoms. The van der Waals surface area contributed by atoms with Crippen molar-refractivity contribution in [2.45, 2.75) is 18.9 Å². The van der Waals surface area contributed by atoms with Crippen LogP contribution in [0.3, 0.4) is 0 Å². The van der Waals surface area contributed by atoms with Crippen molar-refractivity contribution in [3.05, 3.63) is 65.2 Å². The van der Waals surface area contributed by atoms with Crippen LogP contribution in [0.5, 0.6) is 5.75 Å². The number of para-hydroxylation sites is 1. The number of benzene rings is 2. The summed E-state index contributed by atoms with van der Waals surface area (Å²) in [5, 5.41) is 0. The Morgan fingerprint density at radius 3 is 2.44 bits per heavy atom. The van der Waals surface area contributed by atoms with E-state index in [1.54, 1.807) is 0 Å². The Balaban J connectivity index is 2.14. The maximum Gasteiger partial charge on any atom is 0.123 e. The fraction of sp³-hybridized carbons (Fsp3) is 0.250. The van der Waals surface area contributed by atoms with Gasteiger partial charge in [-0.25, -0.2) is 0 Å². The van der Waals surface area contributed by atoms with Crippen LogP contribution in [-0.4, -0.2) is 12.6 Å². The van der Waals surface area contributed by atoms with E-state index in [9.17, 15) is 0 Å². The SMILES string of the molecule is Cc1ccccc1[C@H]1c2ccccc2OC[C@H]1N. The number of nitrogens with two attached hydrogens (primary N) is 1. The lowest BCUT2D eigenvalue weighted by molar-refractivity contribution is 0.250. The topological polar surface area (TPSA) is 35.2 Å². The molecule has 2 aromatic rings. The number of rotatable bonds is 1. The standard InChI is InChI=1S/C16H17NO/c1-11-6-2-3-7-12(11)16-13-8-4-5-9-15(13)18-10-14(16)17/h2-9,14,16H,10,17H2,1H3/t14-,16+/m1/s1. The molecule has 92 valence electrons. The van der Waals surface area contributed by atoms with Crippen LogP contribution in [0.25, 0.3) is 0 Å². The number of aryl methyl sites for hydroxylation is 1. The second kappa shape index (κ2) is 4.46. The summed E-state index contributed by atoms with van der Waals surface area (Å²) in [5.74, 6) is 1.20. The molecule has 1 heterocycles. The fourth-order valence-electron chi connectivity index (χ4n) is 2.72. The van der Waals surface area contributed by atoms with Crippen molar-refractivity contribution in [2.24, 2.45) is 5.73 Å². The van der Waals surface area contributed by atoms with Gasteiger partial charge in [0.05, 0.1) is 0 Å². The van der Waals surface area contributed by atoms with Gasteiger partial charge in [0, 0.05) is 17.5 Å². The third-order valence-electron chi connectivity index (χ3n) is 3.64. The Bertz CT molecular complexity index is 565. The van der Waals surface area contributed by atoms with E-state index in [2.05, 4.69) is 37.3 Å². The lowest BCUT2D eigenvalue weighted by Gasteiger charge is -2.32. The lowest BCUT2D eigenvalue weighted by Crippen LogP contribution is -2.38. The molecule has 0 saturated carbocycles. The van der Waals surface area contributed by atoms with Gasteiger partial charge in [-0.3, -0.25) is 0 Å². The highest BCUT2D eigenvalue weighted by molar-refractivity contribution is 5.47. The maximum absolute atomic E-state index is 6.27. The largest absolute Gasteiger partial charge is 0.492 e. The van der Waals surface area contributed by atoms with Crippen LogP contribution in [-0.2, 0) is 0 Å². The van der Waals surface area contributed by atoms with Crippen molar-refractivity contribution in [2.75, 3.05) is 6.61 Å². The number of ether oxygens (including phenoxy) is 1. The van der Waals surface area contributed by atoms with Crippen LogP contribution in [0.1, 0.15) is 22.6 Å². The summed E-state index contributed by atoms with van der Waals surface area (Å²) < 4.78 is 5.70. The molecular formula is C16H17NO. The zero-order chi connectivity index (χ0) is 12.5. The predicted molar refractivity (Wildman–Crippen MR) is 72.9 cm³/mol. The van der Waals surface area contributed by atoms with Crippen LogP contribution >= 0.6 is 0 Å². The summed E-state index contributed by atoms with van der Waals surface area (Å²) >= 11 is 0. The van der Waals surface area contributed by atoms with Gasteiger partial charge in [-0.05, 0) is 24.1 Å². The molecule has 0 aliphatic carbocycles. The molecule has 0 unspecified atom stereocenters. The molecule has 2 nitrogen and oxygen atoms in total. The molecule has 0 spiro atoms. The first-order valence-electron chi connectivity index (χ1n) is 6.30. The highest BCUT2D eigenvalue weighted by atomic mass is 16.5. The van der Waals surface area contributed by atoms with Gasteiger partial charge in [0.25, 0.3) is 0 Å². The van der Waals surface area contributed by atoms with Gasteiger partial charge in [0.2, 0.25) is 0 Å². The van der Waals surface area contributed by atoms with Crippen molar-refractivity contribution < 1.29 is 4.74 Å². The Morgan fingerprint density at radius 2 is 1.67 bits per heavy atom. The molecule has 2 atom stereocenters. The Kier molecular flexibility index (Phi) is 2.80. The summed E-state index contributed by atoms with van der Waals surface area (Å²) in [6.07, 6.45) is 0. The monoisotopic (exact) mass is 239 g/mol. The van der Waals surface area contributed by atoms with Crippen molar-refractivity contribution in [1.82, 2.24) is 0 Å². The summed E-state index contributed by atoms with van der Waals surface area (Å²) in [6.45, 7) is 2.72. The van der Waals surface area contributed by atoms with Crippen molar-refractivity contribution >= 4 is 0 Å². The molecule has 2 aromatic carbocycles. The van der Waals surface area contributed by atoms with Crippen LogP contribution in [0.4, 0.5) is 0 Å². The minimum atomic E-state index is 0.0148. The first kappa shape index (κ1) is 11.3. The molecule has 1 aliphatic rings. The van der Waals surface area contributed by atoms with Crippen molar-refractivity contribution in [1.29, 1.82) is 0 Å². The number of fused-ring (bicyclic) bond motifs is 1. The zero-order valence-electron chi connectivity index (χ0n) is 10.5. The second-order valence-corrected chi connectivity index (χ2v) is 4.85. The van der Waals surface area contributed by atoms with Crippen molar-refractivity contribution in [3.8, 4) is 5.75 Å². The van der Waals surface area contributed by atoms with E-state index in [0.29, 0.717) is 6.61 Å². The van der Waals surface area contributed by atoms with E-state index >= 15 is 0 Å². The van der Waals surface area contributed by atoms with Gasteiger partial charge in [-0.2, -0.15) is 0 Å². The van der Waals surface area contributed by atoms with Gasteiger partial charge in [0.1, 0.15) is 12.4 Å². The molecule has 0 radical (unpaired) electrons. The smallest absolute Gasteiger partial charge is 0.123 e. The first-order valence-corrected chi connectivity index (χ1v) is 6.30. The molecule has 0 saturated heterocycles. The highest BCUT2D eigenvalue weighted by Gasteiger charge is 2.30. The molecule has 3 rings (SSSR count). The third-order valence-corrected chi connectivity index (χ3v) is 3.64. The molecule has 0 aromatic heterocycles.